The van der Waals surface area contributed by atoms with Gasteiger partial charge in [0, 0.05) is 16.6 Å². The summed E-state index contributed by atoms with van der Waals surface area (Å²) >= 11 is 6.07. The molecule has 0 radical (unpaired) electrons. The fourth-order valence-corrected chi connectivity index (χ4v) is 5.30. The van der Waals surface area contributed by atoms with Crippen molar-refractivity contribution in [2.24, 2.45) is 5.92 Å². The number of rotatable bonds is 4. The van der Waals surface area contributed by atoms with Crippen LogP contribution in [-0.4, -0.2) is 36.0 Å². The number of methoxy groups -OCH3 is 1. The van der Waals surface area contributed by atoms with Crippen LogP contribution in [0.3, 0.4) is 0 Å². The maximum Gasteiger partial charge on any atom is 0.262 e. The summed E-state index contributed by atoms with van der Waals surface area (Å²) in [6, 6.07) is 14.3. The van der Waals surface area contributed by atoms with Crippen LogP contribution in [0.2, 0.25) is 5.02 Å². The molecular formula is C24H25ClN2O4. The Hall–Kier alpha value is -2.57. The van der Waals surface area contributed by atoms with Crippen LogP contribution >= 0.6 is 11.6 Å². The number of carbonyl (C=O) groups excluding carboxylic acids is 2. The first-order chi connectivity index (χ1) is 15.1. The van der Waals surface area contributed by atoms with E-state index < -0.39 is 18.1 Å². The van der Waals surface area contributed by atoms with Gasteiger partial charge >= 0.3 is 0 Å². The van der Waals surface area contributed by atoms with E-state index in [0.717, 1.165) is 43.4 Å². The lowest BCUT2D eigenvalue weighted by Crippen LogP contribution is -2.44. The van der Waals surface area contributed by atoms with E-state index in [0.29, 0.717) is 10.8 Å². The largest absolute Gasteiger partial charge is 0.496 e. The second-order valence-corrected chi connectivity index (χ2v) is 8.82. The first-order valence-electron chi connectivity index (χ1n) is 10.8. The molecule has 1 aliphatic carbocycles. The molecule has 0 unspecified atom stereocenters. The molecule has 0 spiro atoms. The van der Waals surface area contributed by atoms with Crippen molar-refractivity contribution in [3.05, 3.63) is 59.1 Å². The molecule has 2 heterocycles. The summed E-state index contributed by atoms with van der Waals surface area (Å²) in [5.74, 6) is -0.332. The molecule has 3 atom stereocenters. The number of amides is 2. The van der Waals surface area contributed by atoms with E-state index >= 15 is 0 Å². The number of nitrogens with zero attached hydrogens (tertiary/aromatic N) is 2. The van der Waals surface area contributed by atoms with E-state index in [1.54, 1.807) is 24.3 Å². The minimum Gasteiger partial charge on any atom is -0.496 e. The molecule has 0 bridgehead atoms. The molecule has 5 rings (SSSR count). The lowest BCUT2D eigenvalue weighted by molar-refractivity contribution is -0.146. The van der Waals surface area contributed by atoms with Crippen molar-refractivity contribution < 1.29 is 19.2 Å². The Morgan fingerprint density at radius 3 is 2.39 bits per heavy atom. The van der Waals surface area contributed by atoms with Crippen LogP contribution in [0.4, 0.5) is 5.69 Å². The van der Waals surface area contributed by atoms with Gasteiger partial charge in [0.15, 0.2) is 6.10 Å². The minimum atomic E-state index is -0.833. The van der Waals surface area contributed by atoms with Crippen molar-refractivity contribution >= 4 is 29.1 Å². The SMILES string of the molecule is COc1ccccc1[C@@H]1[C@@H]2C(=O)N(C3CCCCC3)C(=O)[C@@H]2ON1c1ccc(Cl)cc1. The summed E-state index contributed by atoms with van der Waals surface area (Å²) in [4.78, 5) is 34.7. The molecule has 2 aliphatic heterocycles. The van der Waals surface area contributed by atoms with Gasteiger partial charge in [0.25, 0.3) is 5.91 Å². The van der Waals surface area contributed by atoms with E-state index in [2.05, 4.69) is 0 Å². The molecule has 2 aromatic rings. The molecule has 0 aromatic heterocycles. The molecule has 7 heteroatoms. The summed E-state index contributed by atoms with van der Waals surface area (Å²) in [5.41, 5.74) is 1.55. The van der Waals surface area contributed by atoms with Crippen molar-refractivity contribution in [3.8, 4) is 5.75 Å². The zero-order chi connectivity index (χ0) is 21.5. The molecule has 0 N–H and O–H groups in total. The Morgan fingerprint density at radius 1 is 0.968 bits per heavy atom. The van der Waals surface area contributed by atoms with E-state index in [9.17, 15) is 9.59 Å². The highest BCUT2D eigenvalue weighted by Gasteiger charge is 2.61. The number of carbonyl (C=O) groups is 2. The molecule has 2 amide bonds. The lowest BCUT2D eigenvalue weighted by atomic mass is 9.89. The summed E-state index contributed by atoms with van der Waals surface area (Å²) in [7, 11) is 1.61. The monoisotopic (exact) mass is 440 g/mol. The summed E-state index contributed by atoms with van der Waals surface area (Å²) in [6.07, 6.45) is 4.16. The lowest BCUT2D eigenvalue weighted by Gasteiger charge is -2.33. The van der Waals surface area contributed by atoms with E-state index in [1.165, 1.54) is 4.90 Å². The van der Waals surface area contributed by atoms with E-state index in [-0.39, 0.29) is 17.9 Å². The summed E-state index contributed by atoms with van der Waals surface area (Å²) < 4.78 is 5.60. The highest BCUT2D eigenvalue weighted by molar-refractivity contribution is 6.30. The van der Waals surface area contributed by atoms with Crippen LogP contribution in [0.5, 0.6) is 5.75 Å². The number of benzene rings is 2. The maximum absolute atomic E-state index is 13.6. The first kappa shape index (κ1) is 20.3. The van der Waals surface area contributed by atoms with Crippen LogP contribution in [0.1, 0.15) is 43.7 Å². The number of halogens is 1. The first-order valence-corrected chi connectivity index (χ1v) is 11.2. The minimum absolute atomic E-state index is 0.0229. The molecule has 3 aliphatic rings. The number of hydrogen-bond donors (Lipinski definition) is 0. The van der Waals surface area contributed by atoms with Gasteiger partial charge in [-0.15, -0.1) is 0 Å². The highest BCUT2D eigenvalue weighted by Crippen LogP contribution is 2.49. The smallest absolute Gasteiger partial charge is 0.262 e. The normalized spacial score (nSPS) is 26.5. The Morgan fingerprint density at radius 2 is 1.68 bits per heavy atom. The van der Waals surface area contributed by atoms with Crippen molar-refractivity contribution in [2.45, 2.75) is 50.3 Å². The number of anilines is 1. The third kappa shape index (κ3) is 3.38. The maximum atomic E-state index is 13.6. The Labute approximate surface area is 186 Å². The van der Waals surface area contributed by atoms with Crippen molar-refractivity contribution in [3.63, 3.8) is 0 Å². The molecule has 162 valence electrons. The number of fused-ring (bicyclic) bond motifs is 1. The van der Waals surface area contributed by atoms with Crippen LogP contribution < -0.4 is 9.80 Å². The third-order valence-corrected chi connectivity index (χ3v) is 6.88. The molecule has 2 saturated heterocycles. The number of para-hydroxylation sites is 1. The summed E-state index contributed by atoms with van der Waals surface area (Å²) in [5, 5.41) is 2.28. The Bertz CT molecular complexity index is 989. The quantitative estimate of drug-likeness (QED) is 0.654. The van der Waals surface area contributed by atoms with Gasteiger partial charge in [0.05, 0.1) is 18.8 Å². The number of imide groups is 1. The third-order valence-electron chi connectivity index (χ3n) is 6.63. The highest BCUT2D eigenvalue weighted by atomic mass is 35.5. The van der Waals surface area contributed by atoms with E-state index in [1.807, 2.05) is 36.4 Å². The molecule has 3 fully saturated rings. The second kappa shape index (κ2) is 8.17. The molecule has 31 heavy (non-hydrogen) atoms. The number of ether oxygens (including phenoxy) is 1. The zero-order valence-corrected chi connectivity index (χ0v) is 18.1. The van der Waals surface area contributed by atoms with Gasteiger partial charge < -0.3 is 4.74 Å². The van der Waals surface area contributed by atoms with Crippen molar-refractivity contribution in [2.75, 3.05) is 12.2 Å². The number of hydroxylamine groups is 1. The Balaban J connectivity index is 1.57. The Kier molecular flexibility index (Phi) is 5.36. The molecule has 6 nitrogen and oxygen atoms in total. The summed E-state index contributed by atoms with van der Waals surface area (Å²) in [6.45, 7) is 0. The predicted molar refractivity (Wildman–Crippen MR) is 117 cm³/mol. The average molecular weight is 441 g/mol. The number of hydrogen-bond acceptors (Lipinski definition) is 5. The van der Waals surface area contributed by atoms with Crippen molar-refractivity contribution in [1.82, 2.24) is 4.90 Å². The zero-order valence-electron chi connectivity index (χ0n) is 17.4. The number of likely N-dealkylation sites (tertiary alicyclic amines) is 1. The fourth-order valence-electron chi connectivity index (χ4n) is 5.17. The van der Waals surface area contributed by atoms with Crippen LogP contribution in [0.15, 0.2) is 48.5 Å². The van der Waals surface area contributed by atoms with Crippen LogP contribution in [0, 0.1) is 5.92 Å². The van der Waals surface area contributed by atoms with Gasteiger partial charge in [-0.2, -0.15) is 0 Å². The van der Waals surface area contributed by atoms with Gasteiger partial charge in [-0.05, 0) is 43.2 Å². The average Bonchev–Trinajstić information content (AvgIpc) is 3.31. The molecule has 2 aromatic carbocycles. The van der Waals surface area contributed by atoms with Gasteiger partial charge in [0.1, 0.15) is 11.7 Å². The van der Waals surface area contributed by atoms with Gasteiger partial charge in [-0.25, -0.2) is 5.06 Å². The second-order valence-electron chi connectivity index (χ2n) is 8.38. The van der Waals surface area contributed by atoms with Gasteiger partial charge in [-0.1, -0.05) is 49.1 Å². The van der Waals surface area contributed by atoms with Crippen LogP contribution in [0.25, 0.3) is 0 Å². The van der Waals surface area contributed by atoms with Gasteiger partial charge in [0.2, 0.25) is 5.91 Å². The van der Waals surface area contributed by atoms with Crippen molar-refractivity contribution in [1.29, 1.82) is 0 Å². The molecular weight excluding hydrogens is 416 g/mol. The fraction of sp³-hybridized carbons (Fsp3) is 0.417. The standard InChI is InChI=1S/C24H25ClN2O4/c1-30-19-10-6-5-9-18(19)21-20-22(31-27(21)17-13-11-15(25)12-14-17)24(29)26(23(20)28)16-7-3-2-4-8-16/h5-6,9-14,16,20-22H,2-4,7-8H2,1H3/t20-,21+,22+/m0/s1. The predicted octanol–water partition coefficient (Wildman–Crippen LogP) is 4.53. The topological polar surface area (TPSA) is 59.1 Å². The molecule has 1 saturated carbocycles. The van der Waals surface area contributed by atoms with E-state index in [4.69, 9.17) is 21.2 Å². The van der Waals surface area contributed by atoms with Crippen LogP contribution in [-0.2, 0) is 14.4 Å². The van der Waals surface area contributed by atoms with Gasteiger partial charge in [-0.3, -0.25) is 19.3 Å².